The third-order valence-corrected chi connectivity index (χ3v) is 0.941. The van der Waals surface area contributed by atoms with Crippen LogP contribution in [0.5, 0.6) is 0 Å². The van der Waals surface area contributed by atoms with Crippen molar-refractivity contribution >= 4 is 0 Å². The molecule has 0 bridgehead atoms. The second-order valence-electron chi connectivity index (χ2n) is 1.69. The van der Waals surface area contributed by atoms with E-state index >= 15 is 0 Å². The van der Waals surface area contributed by atoms with Crippen LogP contribution in [-0.2, 0) is 0 Å². The van der Waals surface area contributed by atoms with E-state index in [1.54, 1.807) is 6.07 Å². The Balaban J connectivity index is 3.36. The summed E-state index contributed by atoms with van der Waals surface area (Å²) >= 11 is 0. The fourth-order valence-electron chi connectivity index (χ4n) is 0.574. The molecule has 0 fully saturated rings. The first-order valence-electron chi connectivity index (χ1n) is 2.52. The summed E-state index contributed by atoms with van der Waals surface area (Å²) < 4.78 is 12.2. The summed E-state index contributed by atoms with van der Waals surface area (Å²) in [6.45, 7) is 0. The lowest BCUT2D eigenvalue weighted by atomic mass is 10.3. The second kappa shape index (κ2) is 2.31. The zero-order valence-electron chi connectivity index (χ0n) is 4.89. The number of nitrogens with zero attached hydrogens (tertiary/aromatic N) is 1. The van der Waals surface area contributed by atoms with Crippen molar-refractivity contribution < 1.29 is 4.39 Å². The van der Waals surface area contributed by atoms with Crippen LogP contribution in [0.15, 0.2) is 16.9 Å². The molecule has 1 aromatic rings. The van der Waals surface area contributed by atoms with Gasteiger partial charge in [-0.1, -0.05) is 0 Å². The molecular weight excluding hydrogens is 135 g/mol. The topological polar surface area (TPSA) is 56.6 Å². The second-order valence-corrected chi connectivity index (χ2v) is 1.69. The first-order valence-corrected chi connectivity index (χ1v) is 2.52. The number of nitriles is 1. The van der Waals surface area contributed by atoms with Crippen LogP contribution in [0.1, 0.15) is 5.56 Å². The van der Waals surface area contributed by atoms with E-state index in [2.05, 4.69) is 0 Å². The van der Waals surface area contributed by atoms with Crippen LogP contribution in [0.25, 0.3) is 0 Å². The van der Waals surface area contributed by atoms with Crippen molar-refractivity contribution in [2.45, 2.75) is 0 Å². The highest BCUT2D eigenvalue weighted by Gasteiger charge is 1.94. The number of halogens is 1. The highest BCUT2D eigenvalue weighted by molar-refractivity contribution is 5.25. The van der Waals surface area contributed by atoms with Crippen molar-refractivity contribution in [3.63, 3.8) is 0 Å². The molecule has 0 unspecified atom stereocenters. The van der Waals surface area contributed by atoms with Gasteiger partial charge in [0.05, 0.1) is 11.6 Å². The van der Waals surface area contributed by atoms with Gasteiger partial charge >= 0.3 is 0 Å². The van der Waals surface area contributed by atoms with Crippen molar-refractivity contribution in [2.75, 3.05) is 0 Å². The van der Waals surface area contributed by atoms with Gasteiger partial charge in [0.2, 0.25) is 0 Å². The van der Waals surface area contributed by atoms with Gasteiger partial charge in [0, 0.05) is 12.1 Å². The van der Waals surface area contributed by atoms with E-state index < -0.39 is 11.5 Å². The number of hydrogen-bond donors (Lipinski definition) is 1. The van der Waals surface area contributed by atoms with E-state index in [0.29, 0.717) is 0 Å². The Morgan fingerprint density at radius 2 is 2.30 bits per heavy atom. The van der Waals surface area contributed by atoms with E-state index in [0.717, 1.165) is 12.1 Å². The zero-order chi connectivity index (χ0) is 7.56. The summed E-state index contributed by atoms with van der Waals surface area (Å²) in [5.41, 5.74) is -0.571. The monoisotopic (exact) mass is 138 g/mol. The molecule has 4 heteroatoms. The number of nitrogens with one attached hydrogen (secondary N) is 1. The standard InChI is InChI=1S/C6H3FN2O/c7-5-1-4(3-8)2-6(10)9-5/h1-2H,(H,9,10). The van der Waals surface area contributed by atoms with Crippen LogP contribution in [0.2, 0.25) is 0 Å². The minimum Gasteiger partial charge on any atom is -0.299 e. The Morgan fingerprint density at radius 3 is 2.80 bits per heavy atom. The molecule has 10 heavy (non-hydrogen) atoms. The van der Waals surface area contributed by atoms with Gasteiger partial charge in [-0.3, -0.25) is 9.78 Å². The highest BCUT2D eigenvalue weighted by Crippen LogP contribution is 1.92. The summed E-state index contributed by atoms with van der Waals surface area (Å²) in [7, 11) is 0. The Bertz CT molecular complexity index is 336. The first-order chi connectivity index (χ1) is 4.72. The summed E-state index contributed by atoms with van der Waals surface area (Å²) in [5, 5.41) is 8.22. The maximum Gasteiger partial charge on any atom is 0.251 e. The zero-order valence-corrected chi connectivity index (χ0v) is 4.89. The number of pyridine rings is 1. The molecule has 0 aliphatic heterocycles. The third-order valence-electron chi connectivity index (χ3n) is 0.941. The van der Waals surface area contributed by atoms with Gasteiger partial charge in [-0.05, 0) is 0 Å². The predicted octanol–water partition coefficient (Wildman–Crippen LogP) is 0.386. The smallest absolute Gasteiger partial charge is 0.251 e. The lowest BCUT2D eigenvalue weighted by Gasteiger charge is -1.86. The van der Waals surface area contributed by atoms with Crippen LogP contribution >= 0.6 is 0 Å². The number of aromatic nitrogens is 1. The van der Waals surface area contributed by atoms with Crippen LogP contribution < -0.4 is 5.56 Å². The SMILES string of the molecule is N#Cc1cc(F)[nH]c(=O)c1. The average Bonchev–Trinajstić information content (AvgIpc) is 1.85. The minimum atomic E-state index is -0.788. The molecule has 0 spiro atoms. The van der Waals surface area contributed by atoms with Gasteiger partial charge in [-0.25, -0.2) is 0 Å². The molecule has 50 valence electrons. The lowest BCUT2D eigenvalue weighted by Crippen LogP contribution is -2.06. The number of aromatic amines is 1. The molecule has 0 amide bonds. The molecule has 0 saturated carbocycles. The fourth-order valence-corrected chi connectivity index (χ4v) is 0.574. The van der Waals surface area contributed by atoms with Crippen molar-refractivity contribution in [3.05, 3.63) is 34.0 Å². The maximum absolute atomic E-state index is 12.2. The molecule has 0 radical (unpaired) electrons. The molecule has 1 aromatic heterocycles. The van der Waals surface area contributed by atoms with Crippen molar-refractivity contribution in [1.82, 2.24) is 4.98 Å². The van der Waals surface area contributed by atoms with Gasteiger partial charge in [-0.15, -0.1) is 0 Å². The summed E-state index contributed by atoms with van der Waals surface area (Å²) in [4.78, 5) is 12.3. The Labute approximate surface area is 55.7 Å². The lowest BCUT2D eigenvalue weighted by molar-refractivity contribution is 0.579. The van der Waals surface area contributed by atoms with Gasteiger partial charge in [-0.2, -0.15) is 9.65 Å². The van der Waals surface area contributed by atoms with Gasteiger partial charge < -0.3 is 0 Å². The van der Waals surface area contributed by atoms with Crippen LogP contribution in [0.4, 0.5) is 4.39 Å². The highest BCUT2D eigenvalue weighted by atomic mass is 19.1. The van der Waals surface area contributed by atoms with E-state index in [4.69, 9.17) is 5.26 Å². The third kappa shape index (κ3) is 1.20. The maximum atomic E-state index is 12.2. The Kier molecular flexibility index (Phi) is 1.50. The molecule has 1 rings (SSSR count). The van der Waals surface area contributed by atoms with Crippen LogP contribution in [-0.4, -0.2) is 4.98 Å². The number of H-pyrrole nitrogens is 1. The summed E-state index contributed by atoms with van der Waals surface area (Å²) in [5.74, 6) is -0.788. The molecule has 0 aliphatic carbocycles. The van der Waals surface area contributed by atoms with E-state index in [9.17, 15) is 9.18 Å². The molecule has 3 nitrogen and oxygen atoms in total. The Morgan fingerprint density at radius 1 is 1.60 bits per heavy atom. The summed E-state index contributed by atoms with van der Waals surface area (Å²) in [6, 6.07) is 3.64. The molecule has 0 aliphatic rings. The molecule has 1 N–H and O–H groups in total. The van der Waals surface area contributed by atoms with Gasteiger partial charge in [0.25, 0.3) is 5.56 Å². The van der Waals surface area contributed by atoms with E-state index in [1.165, 1.54) is 0 Å². The fraction of sp³-hybridized carbons (Fsp3) is 0. The minimum absolute atomic E-state index is 0.0289. The molecule has 0 atom stereocenters. The van der Waals surface area contributed by atoms with Crippen LogP contribution in [0, 0.1) is 17.3 Å². The van der Waals surface area contributed by atoms with Gasteiger partial charge in [0.15, 0.2) is 5.95 Å². The molecule has 0 saturated heterocycles. The Hall–Kier alpha value is -1.63. The predicted molar refractivity (Wildman–Crippen MR) is 31.7 cm³/mol. The molecule has 1 heterocycles. The largest absolute Gasteiger partial charge is 0.299 e. The van der Waals surface area contributed by atoms with E-state index in [-0.39, 0.29) is 5.56 Å². The van der Waals surface area contributed by atoms with Crippen molar-refractivity contribution in [3.8, 4) is 6.07 Å². The number of hydrogen-bond acceptors (Lipinski definition) is 2. The van der Waals surface area contributed by atoms with Crippen LogP contribution in [0.3, 0.4) is 0 Å². The van der Waals surface area contributed by atoms with Crippen molar-refractivity contribution in [2.24, 2.45) is 0 Å². The molecule has 0 aromatic carbocycles. The number of rotatable bonds is 0. The summed E-state index contributed by atoms with van der Waals surface area (Å²) in [6.07, 6.45) is 0. The first kappa shape index (κ1) is 6.49. The van der Waals surface area contributed by atoms with E-state index in [1.807, 2.05) is 4.98 Å². The molecular formula is C6H3FN2O. The quantitative estimate of drug-likeness (QED) is 0.527. The normalized spacial score (nSPS) is 8.80. The average molecular weight is 138 g/mol. The van der Waals surface area contributed by atoms with Crippen molar-refractivity contribution in [1.29, 1.82) is 5.26 Å². The van der Waals surface area contributed by atoms with Gasteiger partial charge in [0.1, 0.15) is 0 Å².